The van der Waals surface area contributed by atoms with Crippen molar-refractivity contribution in [2.24, 2.45) is 0 Å². The lowest BCUT2D eigenvalue weighted by molar-refractivity contribution is 0.593. The summed E-state index contributed by atoms with van der Waals surface area (Å²) in [5.74, 6) is 0. The minimum atomic E-state index is 1.17. The Morgan fingerprint density at radius 2 is 1.75 bits per heavy atom. The highest BCUT2D eigenvalue weighted by atomic mass is 14.1. The van der Waals surface area contributed by atoms with Gasteiger partial charge in [-0.15, -0.1) is 0 Å². The van der Waals surface area contributed by atoms with Crippen LogP contribution in [0.25, 0.3) is 0 Å². The van der Waals surface area contributed by atoms with E-state index in [1.54, 1.807) is 11.1 Å². The van der Waals surface area contributed by atoms with E-state index in [9.17, 15) is 0 Å². The maximum atomic E-state index is 2.29. The summed E-state index contributed by atoms with van der Waals surface area (Å²) in [6.45, 7) is 0. The molecule has 0 atom stereocenters. The molecule has 0 saturated heterocycles. The van der Waals surface area contributed by atoms with Crippen LogP contribution in [0.4, 0.5) is 0 Å². The predicted octanol–water partition coefficient (Wildman–Crippen LogP) is 3.76. The van der Waals surface area contributed by atoms with Crippen molar-refractivity contribution in [3.63, 3.8) is 0 Å². The summed E-state index contributed by atoms with van der Waals surface area (Å²) < 4.78 is 0. The molecule has 0 aromatic heterocycles. The molecule has 0 spiro atoms. The van der Waals surface area contributed by atoms with Gasteiger partial charge in [0.2, 0.25) is 0 Å². The highest BCUT2D eigenvalue weighted by Crippen LogP contribution is 2.28. The van der Waals surface area contributed by atoms with Gasteiger partial charge in [0.25, 0.3) is 0 Å². The molecule has 0 radical (unpaired) electrons. The Morgan fingerprint density at radius 3 is 2.42 bits per heavy atom. The third kappa shape index (κ3) is 1.69. The third-order valence-corrected chi connectivity index (χ3v) is 2.79. The van der Waals surface area contributed by atoms with Crippen LogP contribution in [0.15, 0.2) is 35.5 Å². The molecule has 0 aromatic rings. The first-order valence-corrected chi connectivity index (χ1v) is 5.01. The van der Waals surface area contributed by atoms with Gasteiger partial charge in [0.05, 0.1) is 0 Å². The van der Waals surface area contributed by atoms with E-state index >= 15 is 0 Å². The van der Waals surface area contributed by atoms with E-state index in [0.29, 0.717) is 0 Å². The zero-order valence-electron chi connectivity index (χ0n) is 7.55. The van der Waals surface area contributed by atoms with Crippen molar-refractivity contribution in [1.82, 2.24) is 0 Å². The zero-order valence-corrected chi connectivity index (χ0v) is 7.55. The summed E-state index contributed by atoms with van der Waals surface area (Å²) in [6.07, 6.45) is 17.0. The molecule has 0 heteroatoms. The van der Waals surface area contributed by atoms with E-state index in [4.69, 9.17) is 0 Å². The van der Waals surface area contributed by atoms with Gasteiger partial charge in [0, 0.05) is 0 Å². The van der Waals surface area contributed by atoms with Gasteiger partial charge in [-0.1, -0.05) is 36.3 Å². The van der Waals surface area contributed by atoms with Crippen LogP contribution in [-0.2, 0) is 0 Å². The van der Waals surface area contributed by atoms with E-state index in [-0.39, 0.29) is 0 Å². The third-order valence-electron chi connectivity index (χ3n) is 2.79. The molecule has 0 heterocycles. The number of rotatable bonds is 0. The van der Waals surface area contributed by atoms with Crippen LogP contribution >= 0.6 is 0 Å². The normalized spacial score (nSPS) is 23.3. The summed E-state index contributed by atoms with van der Waals surface area (Å²) in [5, 5.41) is 0. The van der Waals surface area contributed by atoms with E-state index in [1.807, 2.05) is 0 Å². The highest BCUT2D eigenvalue weighted by Gasteiger charge is 2.09. The van der Waals surface area contributed by atoms with Crippen LogP contribution in [-0.4, -0.2) is 0 Å². The Balaban J connectivity index is 2.12. The van der Waals surface area contributed by atoms with Crippen LogP contribution in [0, 0.1) is 0 Å². The lowest BCUT2D eigenvalue weighted by Gasteiger charge is -2.17. The molecule has 1 saturated carbocycles. The molecule has 64 valence electrons. The fraction of sp³-hybridized carbons (Fsp3) is 0.500. The van der Waals surface area contributed by atoms with Crippen molar-refractivity contribution in [3.8, 4) is 0 Å². The zero-order chi connectivity index (χ0) is 8.23. The van der Waals surface area contributed by atoms with Crippen molar-refractivity contribution in [3.05, 3.63) is 35.5 Å². The molecular formula is C12H16. The Labute approximate surface area is 74.7 Å². The van der Waals surface area contributed by atoms with Gasteiger partial charge in [-0.05, 0) is 37.7 Å². The second kappa shape index (κ2) is 3.75. The minimum Gasteiger partial charge on any atom is -0.0801 e. The second-order valence-electron chi connectivity index (χ2n) is 3.68. The molecule has 0 N–H and O–H groups in total. The van der Waals surface area contributed by atoms with Crippen LogP contribution in [0.5, 0.6) is 0 Å². The van der Waals surface area contributed by atoms with Gasteiger partial charge in [-0.2, -0.15) is 0 Å². The second-order valence-corrected chi connectivity index (χ2v) is 3.68. The van der Waals surface area contributed by atoms with E-state index in [1.165, 1.54) is 38.5 Å². The summed E-state index contributed by atoms with van der Waals surface area (Å²) >= 11 is 0. The van der Waals surface area contributed by atoms with Crippen LogP contribution in [0.2, 0.25) is 0 Å². The van der Waals surface area contributed by atoms with Crippen molar-refractivity contribution in [2.45, 2.75) is 38.5 Å². The molecule has 0 aromatic carbocycles. The fourth-order valence-corrected chi connectivity index (χ4v) is 2.08. The molecule has 2 aliphatic rings. The monoisotopic (exact) mass is 160 g/mol. The predicted molar refractivity (Wildman–Crippen MR) is 53.0 cm³/mol. The largest absolute Gasteiger partial charge is 0.0801 e. The molecule has 1 fully saturated rings. The molecule has 0 nitrogen and oxygen atoms in total. The molecule has 2 aliphatic carbocycles. The average molecular weight is 160 g/mol. The van der Waals surface area contributed by atoms with Gasteiger partial charge in [-0.25, -0.2) is 0 Å². The minimum absolute atomic E-state index is 1.17. The van der Waals surface area contributed by atoms with E-state index in [0.717, 1.165) is 0 Å². The van der Waals surface area contributed by atoms with Crippen LogP contribution in [0.3, 0.4) is 0 Å². The molecular weight excluding hydrogens is 144 g/mol. The van der Waals surface area contributed by atoms with Crippen molar-refractivity contribution >= 4 is 0 Å². The molecule has 0 bridgehead atoms. The van der Waals surface area contributed by atoms with E-state index < -0.39 is 0 Å². The maximum Gasteiger partial charge on any atom is -0.00948 e. The Bertz CT molecular complexity index is 233. The van der Waals surface area contributed by atoms with Crippen LogP contribution in [0.1, 0.15) is 38.5 Å². The molecule has 2 rings (SSSR count). The maximum absolute atomic E-state index is 2.29. The van der Waals surface area contributed by atoms with Gasteiger partial charge in [0.1, 0.15) is 0 Å². The lowest BCUT2D eigenvalue weighted by Crippen LogP contribution is -1.98. The first kappa shape index (κ1) is 7.85. The number of hydrogen-bond donors (Lipinski definition) is 0. The van der Waals surface area contributed by atoms with E-state index in [2.05, 4.69) is 24.3 Å². The van der Waals surface area contributed by atoms with Crippen molar-refractivity contribution < 1.29 is 0 Å². The Morgan fingerprint density at radius 1 is 0.917 bits per heavy atom. The van der Waals surface area contributed by atoms with Gasteiger partial charge >= 0.3 is 0 Å². The smallest absolute Gasteiger partial charge is 0.00948 e. The summed E-state index contributed by atoms with van der Waals surface area (Å²) in [4.78, 5) is 0. The van der Waals surface area contributed by atoms with Gasteiger partial charge < -0.3 is 0 Å². The van der Waals surface area contributed by atoms with Gasteiger partial charge in [0.15, 0.2) is 0 Å². The summed E-state index contributed by atoms with van der Waals surface area (Å²) in [6, 6.07) is 0. The molecule has 0 unspecified atom stereocenters. The topological polar surface area (TPSA) is 0 Å². The quantitative estimate of drug-likeness (QED) is 0.506. The molecule has 0 amide bonds. The summed E-state index contributed by atoms with van der Waals surface area (Å²) in [7, 11) is 0. The lowest BCUT2D eigenvalue weighted by atomic mass is 9.89. The average Bonchev–Trinajstić information content (AvgIpc) is 2.21. The van der Waals surface area contributed by atoms with Crippen molar-refractivity contribution in [2.75, 3.05) is 0 Å². The molecule has 12 heavy (non-hydrogen) atoms. The Hall–Kier alpha value is -0.780. The van der Waals surface area contributed by atoms with Gasteiger partial charge in [-0.3, -0.25) is 0 Å². The highest BCUT2D eigenvalue weighted by molar-refractivity contribution is 5.34. The summed E-state index contributed by atoms with van der Waals surface area (Å²) in [5.41, 5.74) is 3.32. The SMILES string of the molecule is C1=CCC(=C2CCCCC2)C=C1. The number of hydrogen-bond acceptors (Lipinski definition) is 0. The first-order chi connectivity index (χ1) is 5.97. The van der Waals surface area contributed by atoms with Crippen LogP contribution < -0.4 is 0 Å². The van der Waals surface area contributed by atoms with Crippen molar-refractivity contribution in [1.29, 1.82) is 0 Å². The molecule has 0 aliphatic heterocycles. The number of allylic oxidation sites excluding steroid dienone is 6. The Kier molecular flexibility index (Phi) is 2.45. The fourth-order valence-electron chi connectivity index (χ4n) is 2.08. The standard InChI is InChI=1S/C12H16/c1-3-7-11(8-4-1)12-9-5-2-6-10-12/h1,3-4,7H,2,5-6,8-10H2. The first-order valence-electron chi connectivity index (χ1n) is 5.01.